The predicted octanol–water partition coefficient (Wildman–Crippen LogP) is 3.78. The van der Waals surface area contributed by atoms with Gasteiger partial charge in [0.05, 0.1) is 5.56 Å². The van der Waals surface area contributed by atoms with E-state index in [1.165, 1.54) is 33.2 Å². The molecule has 3 aromatic rings. The molecule has 0 fully saturated rings. The molecule has 0 saturated heterocycles. The quantitative estimate of drug-likeness (QED) is 0.569. The highest BCUT2D eigenvalue weighted by atomic mass is 16.5. The molecule has 2 heteroatoms. The molecule has 0 bridgehead atoms. The Morgan fingerprint density at radius 1 is 1.05 bits per heavy atom. The summed E-state index contributed by atoms with van der Waals surface area (Å²) in [4.78, 5) is 0. The molecule has 2 nitrogen and oxygen atoms in total. The fourth-order valence-electron chi connectivity index (χ4n) is 3.91. The fraction of sp³-hybridized carbons (Fsp3) is 0.211. The van der Waals surface area contributed by atoms with Crippen molar-refractivity contribution in [3.05, 3.63) is 59.8 Å². The Balaban J connectivity index is 2.04. The van der Waals surface area contributed by atoms with Gasteiger partial charge < -0.3 is 4.74 Å². The van der Waals surface area contributed by atoms with Gasteiger partial charge in [0, 0.05) is 22.4 Å². The molecule has 2 heterocycles. The number of hydrogen-bond acceptors (Lipinski definition) is 1. The van der Waals surface area contributed by atoms with Crippen molar-refractivity contribution < 1.29 is 9.30 Å². The van der Waals surface area contributed by atoms with Crippen LogP contribution in [0.1, 0.15) is 25.0 Å². The van der Waals surface area contributed by atoms with E-state index in [4.69, 9.17) is 4.74 Å². The molecule has 0 radical (unpaired) electrons. The van der Waals surface area contributed by atoms with Crippen molar-refractivity contribution in [3.63, 3.8) is 0 Å². The standard InChI is InChI=1S/C19H16NO/c1-19(2)14-8-5-9-20-11-21-18-13-7-4-3-6-12(13)10-15(19)16(18)17(14)20/h3-10H,11H2,1-2H3/q+1. The topological polar surface area (TPSA) is 13.1 Å². The van der Waals surface area contributed by atoms with E-state index in [2.05, 4.69) is 67.1 Å². The van der Waals surface area contributed by atoms with Crippen molar-refractivity contribution in [2.24, 2.45) is 0 Å². The van der Waals surface area contributed by atoms with Gasteiger partial charge in [0.2, 0.25) is 5.69 Å². The third kappa shape index (κ3) is 1.21. The maximum atomic E-state index is 6.13. The Bertz CT molecular complexity index is 924. The molecule has 0 amide bonds. The van der Waals surface area contributed by atoms with Gasteiger partial charge in [-0.05, 0) is 23.1 Å². The molecule has 21 heavy (non-hydrogen) atoms. The van der Waals surface area contributed by atoms with E-state index in [-0.39, 0.29) is 5.41 Å². The van der Waals surface area contributed by atoms with Gasteiger partial charge in [-0.25, -0.2) is 0 Å². The molecule has 0 saturated carbocycles. The first-order valence-electron chi connectivity index (χ1n) is 7.40. The van der Waals surface area contributed by atoms with E-state index in [0.29, 0.717) is 6.73 Å². The third-order valence-corrected chi connectivity index (χ3v) is 5.00. The zero-order valence-electron chi connectivity index (χ0n) is 12.2. The highest BCUT2D eigenvalue weighted by molar-refractivity contribution is 5.99. The normalized spacial score (nSPS) is 16.7. The van der Waals surface area contributed by atoms with Crippen molar-refractivity contribution in [2.45, 2.75) is 26.0 Å². The molecule has 102 valence electrons. The minimum absolute atomic E-state index is 0.0279. The Labute approximate surface area is 123 Å². The van der Waals surface area contributed by atoms with Crippen LogP contribution in [-0.4, -0.2) is 0 Å². The van der Waals surface area contributed by atoms with Crippen molar-refractivity contribution in [2.75, 3.05) is 0 Å². The molecule has 0 N–H and O–H groups in total. The van der Waals surface area contributed by atoms with Crippen molar-refractivity contribution in [1.29, 1.82) is 0 Å². The number of fused-ring (bicyclic) bond motifs is 2. The summed E-state index contributed by atoms with van der Waals surface area (Å²) in [6, 6.07) is 15.2. The fourth-order valence-corrected chi connectivity index (χ4v) is 3.91. The number of aromatic nitrogens is 1. The second-order valence-electron chi connectivity index (χ2n) is 6.49. The van der Waals surface area contributed by atoms with Gasteiger partial charge in [0.1, 0.15) is 5.75 Å². The van der Waals surface area contributed by atoms with Crippen LogP contribution < -0.4 is 9.30 Å². The Kier molecular flexibility index (Phi) is 1.86. The largest absolute Gasteiger partial charge is 0.434 e. The van der Waals surface area contributed by atoms with Crippen LogP contribution in [0.4, 0.5) is 0 Å². The molecular formula is C19H16NO+. The first-order valence-corrected chi connectivity index (χ1v) is 7.40. The van der Waals surface area contributed by atoms with E-state index < -0.39 is 0 Å². The summed E-state index contributed by atoms with van der Waals surface area (Å²) < 4.78 is 8.36. The summed E-state index contributed by atoms with van der Waals surface area (Å²) in [6.07, 6.45) is 2.11. The summed E-state index contributed by atoms with van der Waals surface area (Å²) in [5, 5.41) is 2.48. The van der Waals surface area contributed by atoms with E-state index in [1.807, 2.05) is 0 Å². The summed E-state index contributed by atoms with van der Waals surface area (Å²) >= 11 is 0. The lowest BCUT2D eigenvalue weighted by Crippen LogP contribution is -2.41. The van der Waals surface area contributed by atoms with E-state index >= 15 is 0 Å². The smallest absolute Gasteiger partial charge is 0.292 e. The second-order valence-corrected chi connectivity index (χ2v) is 6.49. The van der Waals surface area contributed by atoms with Crippen LogP contribution in [0.3, 0.4) is 0 Å². The second kappa shape index (κ2) is 3.45. The Morgan fingerprint density at radius 2 is 1.90 bits per heavy atom. The molecular weight excluding hydrogens is 258 g/mol. The summed E-state index contributed by atoms with van der Waals surface area (Å²) in [7, 11) is 0. The van der Waals surface area contributed by atoms with Gasteiger partial charge in [-0.15, -0.1) is 0 Å². The molecule has 1 aromatic heterocycles. The number of nitrogens with zero attached hydrogens (tertiary/aromatic N) is 1. The lowest BCUT2D eigenvalue weighted by atomic mass is 9.82. The molecule has 2 aliphatic rings. The van der Waals surface area contributed by atoms with E-state index in [0.717, 1.165) is 5.75 Å². The molecule has 1 aliphatic carbocycles. The Hall–Kier alpha value is -2.35. The maximum absolute atomic E-state index is 6.13. The first-order chi connectivity index (χ1) is 10.2. The van der Waals surface area contributed by atoms with Gasteiger partial charge in [-0.2, -0.15) is 4.57 Å². The zero-order valence-corrected chi connectivity index (χ0v) is 12.2. The number of ether oxygens (including phenoxy) is 1. The summed E-state index contributed by atoms with van der Waals surface area (Å²) in [5.74, 6) is 1.06. The monoisotopic (exact) mass is 274 g/mol. The van der Waals surface area contributed by atoms with E-state index in [1.54, 1.807) is 0 Å². The molecule has 0 spiro atoms. The predicted molar refractivity (Wildman–Crippen MR) is 82.3 cm³/mol. The molecule has 2 aromatic carbocycles. The number of rotatable bonds is 0. The zero-order chi connectivity index (χ0) is 14.2. The number of benzene rings is 2. The Morgan fingerprint density at radius 3 is 2.81 bits per heavy atom. The van der Waals surface area contributed by atoms with Crippen LogP contribution in [-0.2, 0) is 12.1 Å². The van der Waals surface area contributed by atoms with Crippen LogP contribution in [0, 0.1) is 0 Å². The average molecular weight is 274 g/mol. The van der Waals surface area contributed by atoms with Crippen LogP contribution in [0.5, 0.6) is 5.75 Å². The van der Waals surface area contributed by atoms with Gasteiger partial charge in [-0.1, -0.05) is 38.1 Å². The highest BCUT2D eigenvalue weighted by Crippen LogP contribution is 2.54. The van der Waals surface area contributed by atoms with Gasteiger partial charge in [0.15, 0.2) is 6.20 Å². The minimum Gasteiger partial charge on any atom is -0.434 e. The first kappa shape index (κ1) is 11.3. The summed E-state index contributed by atoms with van der Waals surface area (Å²) in [5.41, 5.74) is 5.44. The van der Waals surface area contributed by atoms with E-state index in [9.17, 15) is 0 Å². The number of pyridine rings is 1. The van der Waals surface area contributed by atoms with Crippen LogP contribution >= 0.6 is 0 Å². The van der Waals surface area contributed by atoms with Gasteiger partial charge >= 0.3 is 0 Å². The van der Waals surface area contributed by atoms with Crippen molar-refractivity contribution in [1.82, 2.24) is 0 Å². The van der Waals surface area contributed by atoms with Crippen LogP contribution in [0.2, 0.25) is 0 Å². The van der Waals surface area contributed by atoms with Crippen molar-refractivity contribution in [3.8, 4) is 17.0 Å². The molecule has 1 aliphatic heterocycles. The van der Waals surface area contributed by atoms with Gasteiger partial charge in [-0.3, -0.25) is 0 Å². The lowest BCUT2D eigenvalue weighted by molar-refractivity contribution is -0.717. The molecule has 0 atom stereocenters. The molecule has 0 unspecified atom stereocenters. The van der Waals surface area contributed by atoms with Gasteiger partial charge in [0.25, 0.3) is 6.73 Å². The minimum atomic E-state index is 0.0279. The average Bonchev–Trinajstić information content (AvgIpc) is 2.74. The van der Waals surface area contributed by atoms with Crippen molar-refractivity contribution >= 4 is 10.8 Å². The SMILES string of the molecule is CC1(C)c2cc3ccccc3c3c2-c2c1ccc[n+]2CO3. The maximum Gasteiger partial charge on any atom is 0.292 e. The van der Waals surface area contributed by atoms with Crippen LogP contribution in [0.25, 0.3) is 22.0 Å². The molecule has 5 rings (SSSR count). The lowest BCUT2D eigenvalue weighted by Gasteiger charge is -2.20. The number of hydrogen-bond donors (Lipinski definition) is 0. The highest BCUT2D eigenvalue weighted by Gasteiger charge is 2.45. The van der Waals surface area contributed by atoms with Crippen LogP contribution in [0.15, 0.2) is 48.7 Å². The third-order valence-electron chi connectivity index (χ3n) is 5.00. The summed E-state index contributed by atoms with van der Waals surface area (Å²) in [6.45, 7) is 5.22.